The molecule has 11 heteroatoms. The summed E-state index contributed by atoms with van der Waals surface area (Å²) in [6, 6.07) is 10.2. The van der Waals surface area contributed by atoms with Crippen molar-refractivity contribution < 1.29 is 19.4 Å². The van der Waals surface area contributed by atoms with Crippen LogP contribution in [0.15, 0.2) is 54.0 Å². The van der Waals surface area contributed by atoms with Gasteiger partial charge >= 0.3 is 5.97 Å². The molecule has 5 N–H and O–H groups in total. The van der Waals surface area contributed by atoms with Gasteiger partial charge in [0.1, 0.15) is 11.4 Å². The third-order valence-electron chi connectivity index (χ3n) is 5.61. The number of para-hydroxylation sites is 1. The van der Waals surface area contributed by atoms with Crippen molar-refractivity contribution in [2.45, 2.75) is 6.42 Å². The van der Waals surface area contributed by atoms with E-state index in [1.54, 1.807) is 41.0 Å². The van der Waals surface area contributed by atoms with Gasteiger partial charge < -0.3 is 30.6 Å². The first-order valence-electron chi connectivity index (χ1n) is 10.5. The Labute approximate surface area is 212 Å². The van der Waals surface area contributed by atoms with Crippen molar-refractivity contribution in [1.82, 2.24) is 14.5 Å². The SMILES string of the molecule is C=Cn1c(-c2cc(Cc3cnc(N)nc3N)cc(OC)c2OC)c(C(=O)O)c(=O)c2ccccc21.Cl. The largest absolute Gasteiger partial charge is 0.493 e. The Morgan fingerprint density at radius 2 is 1.92 bits per heavy atom. The highest BCUT2D eigenvalue weighted by molar-refractivity contribution is 6.01. The molecule has 4 rings (SSSR count). The third-order valence-corrected chi connectivity index (χ3v) is 5.61. The fourth-order valence-corrected chi connectivity index (χ4v) is 4.10. The van der Waals surface area contributed by atoms with E-state index in [0.29, 0.717) is 28.0 Å². The molecule has 0 bridgehead atoms. The summed E-state index contributed by atoms with van der Waals surface area (Å²) in [6.07, 6.45) is 3.26. The van der Waals surface area contributed by atoms with Gasteiger partial charge in [0, 0.05) is 35.3 Å². The Morgan fingerprint density at radius 1 is 1.19 bits per heavy atom. The lowest BCUT2D eigenvalue weighted by atomic mass is 9.96. The molecule has 0 saturated carbocycles. The molecule has 36 heavy (non-hydrogen) atoms. The highest BCUT2D eigenvalue weighted by atomic mass is 35.5. The number of ether oxygens (including phenoxy) is 2. The van der Waals surface area contributed by atoms with Gasteiger partial charge in [0.25, 0.3) is 0 Å². The fraction of sp³-hybridized carbons (Fsp3) is 0.120. The Balaban J connectivity index is 0.00000361. The van der Waals surface area contributed by atoms with E-state index in [1.165, 1.54) is 26.6 Å². The quantitative estimate of drug-likeness (QED) is 0.339. The molecule has 0 amide bonds. The lowest BCUT2D eigenvalue weighted by Crippen LogP contribution is -2.21. The van der Waals surface area contributed by atoms with E-state index >= 15 is 0 Å². The molecule has 10 nitrogen and oxygen atoms in total. The summed E-state index contributed by atoms with van der Waals surface area (Å²) >= 11 is 0. The van der Waals surface area contributed by atoms with Crippen LogP contribution in [-0.4, -0.2) is 39.8 Å². The van der Waals surface area contributed by atoms with Crippen LogP contribution < -0.4 is 26.4 Å². The molecule has 0 atom stereocenters. The zero-order valence-corrected chi connectivity index (χ0v) is 20.3. The van der Waals surface area contributed by atoms with E-state index in [2.05, 4.69) is 16.5 Å². The molecule has 0 aliphatic carbocycles. The Bertz CT molecular complexity index is 1550. The molecule has 0 aliphatic rings. The van der Waals surface area contributed by atoms with Crippen molar-refractivity contribution in [3.8, 4) is 22.8 Å². The standard InChI is InChI=1S/C25H23N5O5.ClH/c1-4-30-17-8-6-5-7-15(17)21(31)19(24(32)33)20(30)16-10-13(11-18(34-2)22(16)35-3)9-14-12-28-25(27)29-23(14)26;/h4-8,10-12H,1,9H2,2-3H3,(H,32,33)(H4,26,27,28,29);1H. The molecule has 2 aromatic carbocycles. The number of methoxy groups -OCH3 is 2. The van der Waals surface area contributed by atoms with Crippen LogP contribution in [0.4, 0.5) is 11.8 Å². The van der Waals surface area contributed by atoms with Crippen molar-refractivity contribution in [3.63, 3.8) is 0 Å². The van der Waals surface area contributed by atoms with Gasteiger partial charge in [-0.3, -0.25) is 4.79 Å². The Morgan fingerprint density at radius 3 is 2.53 bits per heavy atom. The van der Waals surface area contributed by atoms with Crippen LogP contribution in [0.25, 0.3) is 28.4 Å². The van der Waals surface area contributed by atoms with E-state index in [9.17, 15) is 14.7 Å². The van der Waals surface area contributed by atoms with Crippen LogP contribution in [-0.2, 0) is 6.42 Å². The molecule has 0 unspecified atom stereocenters. The molecule has 0 spiro atoms. The Kier molecular flexibility index (Phi) is 7.50. The maximum Gasteiger partial charge on any atom is 0.341 e. The zero-order chi connectivity index (χ0) is 25.3. The number of carboxylic acid groups (broad SMARTS) is 1. The highest BCUT2D eigenvalue weighted by Crippen LogP contribution is 2.41. The molecule has 186 valence electrons. The minimum absolute atomic E-state index is 0. The van der Waals surface area contributed by atoms with Gasteiger partial charge in [0.15, 0.2) is 11.5 Å². The molecule has 0 fully saturated rings. The first-order chi connectivity index (χ1) is 16.8. The average Bonchev–Trinajstić information content (AvgIpc) is 2.84. The van der Waals surface area contributed by atoms with E-state index < -0.39 is 17.0 Å². The number of fused-ring (bicyclic) bond motifs is 1. The molecule has 0 radical (unpaired) electrons. The zero-order valence-electron chi connectivity index (χ0n) is 19.5. The summed E-state index contributed by atoms with van der Waals surface area (Å²) < 4.78 is 12.7. The first-order valence-corrected chi connectivity index (χ1v) is 10.5. The number of hydrogen-bond acceptors (Lipinski definition) is 8. The minimum Gasteiger partial charge on any atom is -0.493 e. The van der Waals surface area contributed by atoms with E-state index in [1.807, 2.05) is 0 Å². The van der Waals surface area contributed by atoms with Crippen molar-refractivity contribution >= 4 is 47.2 Å². The van der Waals surface area contributed by atoms with Crippen molar-refractivity contribution in [1.29, 1.82) is 0 Å². The summed E-state index contributed by atoms with van der Waals surface area (Å²) in [4.78, 5) is 33.7. The smallest absolute Gasteiger partial charge is 0.341 e. The number of aromatic carboxylic acids is 1. The number of nitrogen functional groups attached to an aromatic ring is 2. The number of aromatic nitrogens is 3. The second kappa shape index (κ2) is 10.4. The predicted octanol–water partition coefficient (Wildman–Crippen LogP) is 3.45. The minimum atomic E-state index is -1.38. The lowest BCUT2D eigenvalue weighted by molar-refractivity contribution is 0.0696. The number of halogens is 1. The topological polar surface area (TPSA) is 156 Å². The number of pyridine rings is 1. The third kappa shape index (κ3) is 4.41. The molecule has 2 aromatic heterocycles. The number of nitrogens with zero attached hydrogens (tertiary/aromatic N) is 3. The van der Waals surface area contributed by atoms with E-state index in [0.717, 1.165) is 0 Å². The molecule has 0 aliphatic heterocycles. The molecular formula is C25H24ClN5O5. The van der Waals surface area contributed by atoms with Crippen molar-refractivity contribution in [3.05, 3.63) is 76.1 Å². The number of hydrogen-bond donors (Lipinski definition) is 3. The predicted molar refractivity (Wildman–Crippen MR) is 141 cm³/mol. The summed E-state index contributed by atoms with van der Waals surface area (Å²) in [6.45, 7) is 3.86. The van der Waals surface area contributed by atoms with Gasteiger partial charge in [-0.15, -0.1) is 12.4 Å². The van der Waals surface area contributed by atoms with Crippen LogP contribution >= 0.6 is 12.4 Å². The normalized spacial score (nSPS) is 10.5. The number of carboxylic acids is 1. The lowest BCUT2D eigenvalue weighted by Gasteiger charge is -2.20. The van der Waals surface area contributed by atoms with Gasteiger partial charge in [0.2, 0.25) is 11.4 Å². The number of benzene rings is 2. The van der Waals surface area contributed by atoms with Crippen LogP contribution in [0, 0.1) is 0 Å². The summed E-state index contributed by atoms with van der Waals surface area (Å²) in [5.74, 6) is -0.521. The van der Waals surface area contributed by atoms with Crippen LogP contribution in [0.3, 0.4) is 0 Å². The number of carbonyl (C=O) groups is 1. The van der Waals surface area contributed by atoms with Crippen molar-refractivity contribution in [2.75, 3.05) is 25.7 Å². The van der Waals surface area contributed by atoms with Gasteiger partial charge in [-0.05, 0) is 29.8 Å². The Hall–Kier alpha value is -4.57. The first kappa shape index (κ1) is 26.0. The summed E-state index contributed by atoms with van der Waals surface area (Å²) in [7, 11) is 2.90. The van der Waals surface area contributed by atoms with E-state index in [4.69, 9.17) is 20.9 Å². The van der Waals surface area contributed by atoms with Crippen LogP contribution in [0.1, 0.15) is 21.5 Å². The fourth-order valence-electron chi connectivity index (χ4n) is 4.10. The number of rotatable bonds is 7. The highest BCUT2D eigenvalue weighted by Gasteiger charge is 2.26. The van der Waals surface area contributed by atoms with Crippen LogP contribution in [0.5, 0.6) is 11.5 Å². The number of nitrogens with two attached hydrogens (primary N) is 2. The maximum atomic E-state index is 13.3. The van der Waals surface area contributed by atoms with Crippen molar-refractivity contribution in [2.24, 2.45) is 0 Å². The van der Waals surface area contributed by atoms with Crippen LogP contribution in [0.2, 0.25) is 0 Å². The molecule has 2 heterocycles. The van der Waals surface area contributed by atoms with E-state index in [-0.39, 0.29) is 47.4 Å². The maximum absolute atomic E-state index is 13.3. The summed E-state index contributed by atoms with van der Waals surface area (Å²) in [5, 5.41) is 10.3. The average molecular weight is 510 g/mol. The second-order valence-corrected chi connectivity index (χ2v) is 7.62. The monoisotopic (exact) mass is 509 g/mol. The second-order valence-electron chi connectivity index (χ2n) is 7.62. The molecule has 4 aromatic rings. The molecule has 0 saturated heterocycles. The van der Waals surface area contributed by atoms with Gasteiger partial charge in [-0.2, -0.15) is 4.98 Å². The number of anilines is 2. The molecular weight excluding hydrogens is 486 g/mol. The summed E-state index contributed by atoms with van der Waals surface area (Å²) in [5.41, 5.74) is 12.8. The van der Waals surface area contributed by atoms with Gasteiger partial charge in [-0.25, -0.2) is 9.78 Å². The van der Waals surface area contributed by atoms with Gasteiger partial charge in [-0.1, -0.05) is 18.7 Å². The van der Waals surface area contributed by atoms with Gasteiger partial charge in [0.05, 0.1) is 25.4 Å².